The number of rotatable bonds is 8. The smallest absolute Gasteiger partial charge is 0.316 e. The summed E-state index contributed by atoms with van der Waals surface area (Å²) >= 11 is 0. The molecule has 1 fully saturated rings. The summed E-state index contributed by atoms with van der Waals surface area (Å²) in [6.07, 6.45) is 0.722. The second-order valence-corrected chi connectivity index (χ2v) is 8.79. The predicted octanol–water partition coefficient (Wildman–Crippen LogP) is 2.25. The maximum Gasteiger partial charge on any atom is 0.316 e. The zero-order valence-corrected chi connectivity index (χ0v) is 17.0. The van der Waals surface area contributed by atoms with Crippen LogP contribution in [0, 0.1) is 11.8 Å². The number of carbonyl (C=O) groups is 2. The van der Waals surface area contributed by atoms with Crippen molar-refractivity contribution < 1.29 is 27.5 Å². The van der Waals surface area contributed by atoms with Crippen LogP contribution in [0.25, 0.3) is 0 Å². The number of hydrogen-bond acceptors (Lipinski definition) is 6. The van der Waals surface area contributed by atoms with E-state index in [1.807, 2.05) is 13.8 Å². The summed E-state index contributed by atoms with van der Waals surface area (Å²) in [6, 6.07) is 5.85. The van der Waals surface area contributed by atoms with Crippen molar-refractivity contribution in [3.8, 4) is 5.75 Å². The Kier molecular flexibility index (Phi) is 7.00. The van der Waals surface area contributed by atoms with Gasteiger partial charge in [-0.2, -0.15) is 4.31 Å². The molecule has 3 atom stereocenters. The fraction of sp³-hybridized carbons (Fsp3) is 0.579. The van der Waals surface area contributed by atoms with Crippen LogP contribution in [-0.2, 0) is 24.3 Å². The molecule has 0 radical (unpaired) electrons. The van der Waals surface area contributed by atoms with E-state index in [1.54, 1.807) is 12.1 Å². The van der Waals surface area contributed by atoms with Crippen LogP contribution < -0.4 is 4.74 Å². The first-order valence-electron chi connectivity index (χ1n) is 9.03. The van der Waals surface area contributed by atoms with Crippen LogP contribution in [0.5, 0.6) is 5.75 Å². The Bertz CT molecular complexity index is 774. The van der Waals surface area contributed by atoms with Crippen LogP contribution in [0.1, 0.15) is 33.6 Å². The largest absolute Gasteiger partial charge is 0.494 e. The number of benzene rings is 1. The lowest BCUT2D eigenvalue weighted by Gasteiger charge is -2.26. The van der Waals surface area contributed by atoms with E-state index in [0.717, 1.165) is 0 Å². The number of hydrogen-bond donors (Lipinski definition) is 0. The first-order valence-corrected chi connectivity index (χ1v) is 10.5. The van der Waals surface area contributed by atoms with Crippen LogP contribution in [0.4, 0.5) is 0 Å². The number of esters is 1. The van der Waals surface area contributed by atoms with Crippen LogP contribution in [0.15, 0.2) is 29.2 Å². The van der Waals surface area contributed by atoms with E-state index in [0.29, 0.717) is 25.3 Å². The molecule has 2 rings (SSSR count). The van der Waals surface area contributed by atoms with E-state index in [9.17, 15) is 18.0 Å². The van der Waals surface area contributed by atoms with E-state index in [-0.39, 0.29) is 23.0 Å². The molecule has 1 aromatic rings. The van der Waals surface area contributed by atoms with Crippen molar-refractivity contribution in [1.29, 1.82) is 0 Å². The molecule has 1 aliphatic heterocycles. The summed E-state index contributed by atoms with van der Waals surface area (Å²) in [5, 5.41) is 0. The lowest BCUT2D eigenvalue weighted by Crippen LogP contribution is -2.39. The maximum absolute atomic E-state index is 13.1. The fourth-order valence-electron chi connectivity index (χ4n) is 3.47. The van der Waals surface area contributed by atoms with E-state index in [2.05, 4.69) is 0 Å². The highest BCUT2D eigenvalue weighted by atomic mass is 32.2. The highest BCUT2D eigenvalue weighted by Gasteiger charge is 2.41. The second-order valence-electron chi connectivity index (χ2n) is 6.90. The molecule has 27 heavy (non-hydrogen) atoms. The molecule has 1 saturated heterocycles. The Labute approximate surface area is 160 Å². The molecule has 0 saturated carbocycles. The Balaban J connectivity index is 2.27. The zero-order valence-electron chi connectivity index (χ0n) is 16.2. The number of ether oxygens (including phenoxy) is 2. The van der Waals surface area contributed by atoms with Gasteiger partial charge in [0.1, 0.15) is 17.5 Å². The van der Waals surface area contributed by atoms with Gasteiger partial charge in [-0.05, 0) is 56.9 Å². The molecule has 1 aliphatic rings. The topological polar surface area (TPSA) is 90.0 Å². The monoisotopic (exact) mass is 397 g/mol. The minimum absolute atomic E-state index is 0.128. The molecule has 0 bridgehead atoms. The molecule has 8 heteroatoms. The quantitative estimate of drug-likeness (QED) is 0.494. The molecular weight excluding hydrogens is 370 g/mol. The Hall–Kier alpha value is -1.93. The van der Waals surface area contributed by atoms with Crippen molar-refractivity contribution >= 4 is 21.8 Å². The minimum atomic E-state index is -3.74. The van der Waals surface area contributed by atoms with Crippen molar-refractivity contribution in [2.45, 2.75) is 44.6 Å². The van der Waals surface area contributed by atoms with Gasteiger partial charge in [0.05, 0.1) is 18.6 Å². The Morgan fingerprint density at radius 2 is 1.89 bits per heavy atom. The number of ketones is 1. The van der Waals surface area contributed by atoms with Gasteiger partial charge < -0.3 is 9.47 Å². The van der Waals surface area contributed by atoms with Gasteiger partial charge in [0.15, 0.2) is 0 Å². The summed E-state index contributed by atoms with van der Waals surface area (Å²) < 4.78 is 37.7. The fourth-order valence-corrected chi connectivity index (χ4v) is 5.24. The first-order chi connectivity index (χ1) is 12.7. The van der Waals surface area contributed by atoms with E-state index in [4.69, 9.17) is 9.47 Å². The van der Waals surface area contributed by atoms with Gasteiger partial charge in [-0.25, -0.2) is 8.42 Å². The number of nitrogens with zero attached hydrogens (tertiary/aromatic N) is 1. The SMILES string of the molecule is CCOc1ccc(S(=O)(=O)N2C[C@@H](C)C[C@@H]2CC(C(C)=O)C(=O)OC)cc1. The van der Waals surface area contributed by atoms with Gasteiger partial charge in [-0.15, -0.1) is 0 Å². The maximum atomic E-state index is 13.1. The van der Waals surface area contributed by atoms with E-state index in [1.165, 1.54) is 30.5 Å². The highest BCUT2D eigenvalue weighted by molar-refractivity contribution is 7.89. The predicted molar refractivity (Wildman–Crippen MR) is 99.9 cm³/mol. The third-order valence-electron chi connectivity index (χ3n) is 4.80. The van der Waals surface area contributed by atoms with Crippen LogP contribution >= 0.6 is 0 Å². The van der Waals surface area contributed by atoms with Crippen LogP contribution in [0.3, 0.4) is 0 Å². The summed E-state index contributed by atoms with van der Waals surface area (Å²) in [5.74, 6) is -1.16. The standard InChI is InChI=1S/C19H27NO6S/c1-5-26-16-6-8-17(9-7-16)27(23,24)20-12-13(2)10-15(20)11-18(14(3)21)19(22)25-4/h6-9,13,15,18H,5,10-12H2,1-4H3/t13-,15+,18?/m0/s1. The molecule has 0 aliphatic carbocycles. The average molecular weight is 397 g/mol. The van der Waals surface area contributed by atoms with E-state index >= 15 is 0 Å². The lowest BCUT2D eigenvalue weighted by atomic mass is 9.94. The van der Waals surface area contributed by atoms with Gasteiger partial charge in [-0.1, -0.05) is 6.92 Å². The van der Waals surface area contributed by atoms with Crippen LogP contribution in [-0.4, -0.2) is 50.8 Å². The molecule has 0 amide bonds. The normalized spacial score (nSPS) is 21.6. The summed E-state index contributed by atoms with van der Waals surface area (Å²) in [7, 11) is -2.52. The number of methoxy groups -OCH3 is 1. The van der Waals surface area contributed by atoms with Gasteiger partial charge in [0, 0.05) is 12.6 Å². The lowest BCUT2D eigenvalue weighted by molar-refractivity contribution is -0.149. The van der Waals surface area contributed by atoms with Gasteiger partial charge in [0.2, 0.25) is 10.0 Å². The second kappa shape index (κ2) is 8.84. The molecule has 0 aromatic heterocycles. The molecule has 0 N–H and O–H groups in total. The molecule has 150 valence electrons. The van der Waals surface area contributed by atoms with Crippen molar-refractivity contribution in [2.75, 3.05) is 20.3 Å². The molecule has 1 heterocycles. The van der Waals surface area contributed by atoms with Gasteiger partial charge in [0.25, 0.3) is 0 Å². The first kappa shape index (κ1) is 21.4. The van der Waals surface area contributed by atoms with E-state index < -0.39 is 28.0 Å². The van der Waals surface area contributed by atoms with Crippen molar-refractivity contribution in [2.24, 2.45) is 11.8 Å². The zero-order chi connectivity index (χ0) is 20.2. The summed E-state index contributed by atoms with van der Waals surface area (Å²) in [5.41, 5.74) is 0. The Morgan fingerprint density at radius 3 is 2.41 bits per heavy atom. The third kappa shape index (κ3) is 4.87. The summed E-state index contributed by atoms with van der Waals surface area (Å²) in [4.78, 5) is 23.9. The van der Waals surface area contributed by atoms with Gasteiger partial charge >= 0.3 is 5.97 Å². The number of Topliss-reactive ketones (excluding diaryl/α,β-unsaturated/α-hetero) is 1. The average Bonchev–Trinajstić information content (AvgIpc) is 3.01. The molecular formula is C19H27NO6S. The molecule has 0 spiro atoms. The van der Waals surface area contributed by atoms with Crippen molar-refractivity contribution in [3.05, 3.63) is 24.3 Å². The van der Waals surface area contributed by atoms with Crippen molar-refractivity contribution in [1.82, 2.24) is 4.31 Å². The molecule has 7 nitrogen and oxygen atoms in total. The number of carbonyl (C=O) groups excluding carboxylic acids is 2. The summed E-state index contributed by atoms with van der Waals surface area (Å²) in [6.45, 7) is 5.99. The number of sulfonamides is 1. The Morgan fingerprint density at radius 1 is 1.26 bits per heavy atom. The van der Waals surface area contributed by atoms with Crippen LogP contribution in [0.2, 0.25) is 0 Å². The van der Waals surface area contributed by atoms with Gasteiger partial charge in [-0.3, -0.25) is 9.59 Å². The molecule has 1 aromatic carbocycles. The molecule has 1 unspecified atom stereocenters. The third-order valence-corrected chi connectivity index (χ3v) is 6.73. The highest BCUT2D eigenvalue weighted by Crippen LogP contribution is 2.33. The van der Waals surface area contributed by atoms with Crippen molar-refractivity contribution in [3.63, 3.8) is 0 Å². The minimum Gasteiger partial charge on any atom is -0.494 e.